The highest BCUT2D eigenvalue weighted by Gasteiger charge is 2.31. The number of ether oxygens (including phenoxy) is 2. The van der Waals surface area contributed by atoms with Gasteiger partial charge in [-0.3, -0.25) is 14.9 Å². The summed E-state index contributed by atoms with van der Waals surface area (Å²) in [5, 5.41) is 5.54. The largest absolute Gasteiger partial charge is 0.489 e. The van der Waals surface area contributed by atoms with Gasteiger partial charge in [0.25, 0.3) is 0 Å². The highest BCUT2D eigenvalue weighted by Crippen LogP contribution is 2.26. The van der Waals surface area contributed by atoms with Gasteiger partial charge in [-0.15, -0.1) is 0 Å². The normalized spacial score (nSPS) is 22.1. The van der Waals surface area contributed by atoms with Gasteiger partial charge in [0.05, 0.1) is 12.6 Å². The van der Waals surface area contributed by atoms with E-state index in [-0.39, 0.29) is 24.0 Å². The summed E-state index contributed by atoms with van der Waals surface area (Å²) >= 11 is 3.53. The third-order valence-corrected chi connectivity index (χ3v) is 5.67. The van der Waals surface area contributed by atoms with Crippen LogP contribution in [0.2, 0.25) is 0 Å². The molecule has 2 aliphatic heterocycles. The van der Waals surface area contributed by atoms with Gasteiger partial charge in [-0.1, -0.05) is 15.9 Å². The first-order chi connectivity index (χ1) is 14.1. The molecule has 2 atom stereocenters. The second-order valence-corrected chi connectivity index (χ2v) is 9.45. The number of nitrogens with zero attached hydrogens (tertiary/aromatic N) is 1. The van der Waals surface area contributed by atoms with E-state index in [2.05, 4.69) is 26.6 Å². The molecule has 1 aromatic carbocycles. The highest BCUT2D eigenvalue weighted by molar-refractivity contribution is 9.10. The smallest absolute Gasteiger partial charge is 0.410 e. The summed E-state index contributed by atoms with van der Waals surface area (Å²) < 4.78 is 12.4. The van der Waals surface area contributed by atoms with Crippen molar-refractivity contribution in [1.82, 2.24) is 15.5 Å². The van der Waals surface area contributed by atoms with Crippen LogP contribution in [0.5, 0.6) is 5.75 Å². The molecule has 2 N–H and O–H groups in total. The second-order valence-electron chi connectivity index (χ2n) is 8.59. The highest BCUT2D eigenvalue weighted by atomic mass is 79.9. The summed E-state index contributed by atoms with van der Waals surface area (Å²) in [4.78, 5) is 37.1. The molecule has 3 rings (SSSR count). The molecule has 2 fully saturated rings. The molecular weight excluding hydrogens is 454 g/mol. The average molecular weight is 482 g/mol. The minimum Gasteiger partial charge on any atom is -0.489 e. The van der Waals surface area contributed by atoms with E-state index in [4.69, 9.17) is 9.47 Å². The molecule has 30 heavy (non-hydrogen) atoms. The summed E-state index contributed by atoms with van der Waals surface area (Å²) in [5.41, 5.74) is 0.422. The Bertz CT molecular complexity index is 823. The van der Waals surface area contributed by atoms with Crippen LogP contribution in [0, 0.1) is 0 Å². The van der Waals surface area contributed by atoms with Crippen molar-refractivity contribution in [3.8, 4) is 5.75 Å². The predicted octanol–water partition coefficient (Wildman–Crippen LogP) is 2.73. The standard InChI is InChI=1S/C21H28BrN3O5/c1-21(2,3)30-20(28)25-9-8-15(12-25)29-14-4-5-16(22)13(10-14)11-23-17-6-7-18(26)24-19(17)27/h4-5,10,15,17,23H,6-9,11-12H2,1-3H3,(H,24,26,27)/t15-,17?/m0/s1. The van der Waals surface area contributed by atoms with E-state index < -0.39 is 11.6 Å². The number of halogens is 1. The van der Waals surface area contributed by atoms with Gasteiger partial charge in [0.15, 0.2) is 0 Å². The third kappa shape index (κ3) is 6.18. The number of hydrogen-bond acceptors (Lipinski definition) is 6. The molecule has 9 heteroatoms. The zero-order valence-corrected chi connectivity index (χ0v) is 19.1. The van der Waals surface area contributed by atoms with Crippen molar-refractivity contribution in [2.45, 2.75) is 64.3 Å². The van der Waals surface area contributed by atoms with Gasteiger partial charge >= 0.3 is 6.09 Å². The second kappa shape index (κ2) is 9.34. The van der Waals surface area contributed by atoms with E-state index >= 15 is 0 Å². The first-order valence-electron chi connectivity index (χ1n) is 10.1. The number of imide groups is 1. The topological polar surface area (TPSA) is 97.0 Å². The Kier molecular flexibility index (Phi) is 7.02. The molecule has 8 nitrogen and oxygen atoms in total. The van der Waals surface area contributed by atoms with Crippen molar-refractivity contribution in [3.63, 3.8) is 0 Å². The minimum atomic E-state index is -0.522. The van der Waals surface area contributed by atoms with Crippen LogP contribution in [0.4, 0.5) is 4.79 Å². The number of amides is 3. The Hall–Kier alpha value is -2.13. The Labute approximate surface area is 184 Å². The van der Waals surface area contributed by atoms with Crippen LogP contribution in [-0.2, 0) is 20.9 Å². The fraction of sp³-hybridized carbons (Fsp3) is 0.571. The van der Waals surface area contributed by atoms with Crippen molar-refractivity contribution in [2.24, 2.45) is 0 Å². The molecule has 0 aromatic heterocycles. The van der Waals surface area contributed by atoms with Crippen LogP contribution in [0.3, 0.4) is 0 Å². The minimum absolute atomic E-state index is 0.102. The van der Waals surface area contributed by atoms with Gasteiger partial charge in [-0.05, 0) is 51.0 Å². The summed E-state index contributed by atoms with van der Waals surface area (Å²) in [6.07, 6.45) is 1.14. The maximum atomic E-state index is 12.2. The lowest BCUT2D eigenvalue weighted by molar-refractivity contribution is -0.134. The molecule has 1 aromatic rings. The fourth-order valence-corrected chi connectivity index (χ4v) is 3.78. The first kappa shape index (κ1) is 22.6. The summed E-state index contributed by atoms with van der Waals surface area (Å²) in [5.74, 6) is 0.184. The van der Waals surface area contributed by atoms with Gasteiger partial charge < -0.3 is 19.7 Å². The van der Waals surface area contributed by atoms with E-state index in [9.17, 15) is 14.4 Å². The zero-order chi connectivity index (χ0) is 21.9. The molecule has 0 radical (unpaired) electrons. The Morgan fingerprint density at radius 2 is 2.07 bits per heavy atom. The monoisotopic (exact) mass is 481 g/mol. The number of benzene rings is 1. The van der Waals surface area contributed by atoms with E-state index in [1.54, 1.807) is 4.90 Å². The Morgan fingerprint density at radius 1 is 1.30 bits per heavy atom. The average Bonchev–Trinajstić information content (AvgIpc) is 3.11. The Morgan fingerprint density at radius 3 is 2.77 bits per heavy atom. The first-order valence-corrected chi connectivity index (χ1v) is 10.9. The molecular formula is C21H28BrN3O5. The molecule has 0 aliphatic carbocycles. The van der Waals surface area contributed by atoms with E-state index in [1.165, 1.54) is 0 Å². The molecule has 164 valence electrons. The van der Waals surface area contributed by atoms with Crippen LogP contribution in [0.15, 0.2) is 22.7 Å². The molecule has 0 bridgehead atoms. The van der Waals surface area contributed by atoms with Crippen molar-refractivity contribution in [3.05, 3.63) is 28.2 Å². The van der Waals surface area contributed by atoms with Crippen LogP contribution < -0.4 is 15.4 Å². The van der Waals surface area contributed by atoms with E-state index in [0.29, 0.717) is 38.2 Å². The lowest BCUT2D eigenvalue weighted by atomic mass is 10.1. The van der Waals surface area contributed by atoms with Gasteiger partial charge in [0.2, 0.25) is 11.8 Å². The lowest BCUT2D eigenvalue weighted by Crippen LogP contribution is -2.50. The number of likely N-dealkylation sites (tertiary alicyclic amines) is 1. The van der Waals surface area contributed by atoms with Crippen LogP contribution in [0.1, 0.15) is 45.6 Å². The molecule has 1 unspecified atom stereocenters. The maximum absolute atomic E-state index is 12.2. The van der Waals surface area contributed by atoms with Crippen LogP contribution >= 0.6 is 15.9 Å². The number of nitrogens with one attached hydrogen (secondary N) is 2. The fourth-order valence-electron chi connectivity index (χ4n) is 3.39. The number of carbonyl (C=O) groups is 3. The molecule has 3 amide bonds. The lowest BCUT2D eigenvalue weighted by Gasteiger charge is -2.24. The molecule has 0 saturated carbocycles. The number of hydrogen-bond donors (Lipinski definition) is 2. The molecule has 0 spiro atoms. The van der Waals surface area contributed by atoms with Gasteiger partial charge in [0.1, 0.15) is 17.5 Å². The quantitative estimate of drug-likeness (QED) is 0.627. The van der Waals surface area contributed by atoms with E-state index in [1.807, 2.05) is 39.0 Å². The van der Waals surface area contributed by atoms with Crippen LogP contribution in [0.25, 0.3) is 0 Å². The molecule has 2 aliphatic rings. The molecule has 2 heterocycles. The van der Waals surface area contributed by atoms with Crippen molar-refractivity contribution >= 4 is 33.8 Å². The van der Waals surface area contributed by atoms with Gasteiger partial charge in [-0.25, -0.2) is 4.79 Å². The van der Waals surface area contributed by atoms with Crippen molar-refractivity contribution < 1.29 is 23.9 Å². The maximum Gasteiger partial charge on any atom is 0.410 e. The number of rotatable bonds is 5. The predicted molar refractivity (Wildman–Crippen MR) is 114 cm³/mol. The van der Waals surface area contributed by atoms with Gasteiger partial charge in [-0.2, -0.15) is 0 Å². The molecule has 2 saturated heterocycles. The van der Waals surface area contributed by atoms with Crippen molar-refractivity contribution in [2.75, 3.05) is 13.1 Å². The summed E-state index contributed by atoms with van der Waals surface area (Å²) in [7, 11) is 0. The summed E-state index contributed by atoms with van der Waals surface area (Å²) in [6, 6.07) is 5.29. The SMILES string of the molecule is CC(C)(C)OC(=O)N1CC[C@H](Oc2ccc(Br)c(CNC3CCC(=O)NC3=O)c2)C1. The van der Waals surface area contributed by atoms with Crippen LogP contribution in [-0.4, -0.2) is 53.6 Å². The van der Waals surface area contributed by atoms with Crippen molar-refractivity contribution in [1.29, 1.82) is 0 Å². The Balaban J connectivity index is 1.55. The number of carbonyl (C=O) groups excluding carboxylic acids is 3. The van der Waals surface area contributed by atoms with Gasteiger partial charge in [0, 0.05) is 30.4 Å². The summed E-state index contributed by atoms with van der Waals surface area (Å²) in [6.45, 7) is 7.08. The third-order valence-electron chi connectivity index (χ3n) is 4.89. The number of piperidine rings is 1. The zero-order valence-electron chi connectivity index (χ0n) is 17.5. The van der Waals surface area contributed by atoms with E-state index in [0.717, 1.165) is 16.5 Å².